The minimum Gasteiger partial charge on any atom is -0.462 e. The Morgan fingerprint density at radius 3 is 2.29 bits per heavy atom. The van der Waals surface area contributed by atoms with Gasteiger partial charge in [-0.25, -0.2) is 14.3 Å². The summed E-state index contributed by atoms with van der Waals surface area (Å²) < 4.78 is 52.1. The molecule has 0 fully saturated rings. The fraction of sp³-hybridized carbons (Fsp3) is 0.385. The summed E-state index contributed by atoms with van der Waals surface area (Å²) >= 11 is 0.904. The Bertz CT molecular complexity index is 1380. The monoisotopic (exact) mass is 549 g/mol. The molecule has 1 aromatic carbocycles. The number of carbonyl (C=O) groups excluding carboxylic acids is 3. The largest absolute Gasteiger partial charge is 0.462 e. The van der Waals surface area contributed by atoms with Crippen molar-refractivity contribution in [2.45, 2.75) is 52.6 Å². The van der Waals surface area contributed by atoms with Crippen LogP contribution in [0, 0.1) is 6.92 Å². The molecule has 4 rings (SSSR count). The highest BCUT2D eigenvalue weighted by atomic mass is 32.1. The van der Waals surface area contributed by atoms with E-state index >= 15 is 0 Å². The van der Waals surface area contributed by atoms with E-state index < -0.39 is 29.7 Å². The first kappa shape index (κ1) is 27.4. The van der Waals surface area contributed by atoms with Crippen LogP contribution in [0.5, 0.6) is 0 Å². The molecule has 2 aromatic heterocycles. The normalized spacial score (nSPS) is 13.1. The van der Waals surface area contributed by atoms with Crippen LogP contribution in [0.2, 0.25) is 0 Å². The third-order valence-electron chi connectivity index (χ3n) is 6.14. The van der Waals surface area contributed by atoms with E-state index in [1.54, 1.807) is 20.8 Å². The number of hydrogen-bond acceptors (Lipinski definition) is 7. The Morgan fingerprint density at radius 1 is 1.03 bits per heavy atom. The third kappa shape index (κ3) is 5.31. The SMILES string of the molecule is CCOC(=O)c1sc(NC(=O)c2ccc(-n3nc(C(F)(F)F)c4c3CCCC4)cc2)c(C(=O)OCC)c1C. The summed E-state index contributed by atoms with van der Waals surface area (Å²) in [5.74, 6) is -1.88. The van der Waals surface area contributed by atoms with E-state index in [0.29, 0.717) is 36.2 Å². The van der Waals surface area contributed by atoms with Gasteiger partial charge in [-0.3, -0.25) is 4.79 Å². The minimum absolute atomic E-state index is 0.0627. The molecule has 3 aromatic rings. The number of nitrogens with one attached hydrogen (secondary N) is 1. The van der Waals surface area contributed by atoms with Crippen LogP contribution < -0.4 is 5.32 Å². The molecule has 1 aliphatic carbocycles. The average molecular weight is 550 g/mol. The van der Waals surface area contributed by atoms with E-state index in [4.69, 9.17) is 9.47 Å². The Balaban J connectivity index is 1.62. The number of thiophene rings is 1. The second kappa shape index (κ2) is 11.0. The van der Waals surface area contributed by atoms with Gasteiger partial charge < -0.3 is 14.8 Å². The van der Waals surface area contributed by atoms with Gasteiger partial charge >= 0.3 is 18.1 Å². The molecule has 38 heavy (non-hydrogen) atoms. The Labute approximate surface area is 220 Å². The van der Waals surface area contributed by atoms with Crippen LogP contribution in [0.15, 0.2) is 24.3 Å². The number of amides is 1. The topological polar surface area (TPSA) is 99.5 Å². The zero-order valence-electron chi connectivity index (χ0n) is 21.0. The molecule has 2 heterocycles. The quantitative estimate of drug-likeness (QED) is 0.377. The first-order valence-electron chi connectivity index (χ1n) is 12.1. The summed E-state index contributed by atoms with van der Waals surface area (Å²) in [5, 5.41) is 6.66. The fourth-order valence-electron chi connectivity index (χ4n) is 4.41. The summed E-state index contributed by atoms with van der Waals surface area (Å²) in [6, 6.07) is 5.97. The van der Waals surface area contributed by atoms with Crippen LogP contribution >= 0.6 is 11.3 Å². The highest BCUT2D eigenvalue weighted by molar-refractivity contribution is 7.18. The first-order chi connectivity index (χ1) is 18.1. The smallest absolute Gasteiger partial charge is 0.435 e. The molecule has 0 unspecified atom stereocenters. The number of ether oxygens (including phenoxy) is 2. The van der Waals surface area contributed by atoms with Crippen molar-refractivity contribution in [2.75, 3.05) is 18.5 Å². The van der Waals surface area contributed by atoms with Crippen molar-refractivity contribution in [1.82, 2.24) is 9.78 Å². The highest BCUT2D eigenvalue weighted by Gasteiger charge is 2.39. The predicted molar refractivity (Wildman–Crippen MR) is 134 cm³/mol. The van der Waals surface area contributed by atoms with E-state index in [0.717, 1.165) is 17.8 Å². The van der Waals surface area contributed by atoms with Crippen LogP contribution in [0.25, 0.3) is 5.69 Å². The molecule has 1 amide bonds. The van der Waals surface area contributed by atoms with E-state index in [-0.39, 0.29) is 39.8 Å². The van der Waals surface area contributed by atoms with Crippen molar-refractivity contribution in [1.29, 1.82) is 0 Å². The summed E-state index contributed by atoms with van der Waals surface area (Å²) in [5.41, 5.74) is 0.881. The van der Waals surface area contributed by atoms with Crippen LogP contribution in [0.1, 0.15) is 79.6 Å². The van der Waals surface area contributed by atoms with E-state index in [9.17, 15) is 27.6 Å². The number of carbonyl (C=O) groups is 3. The zero-order valence-corrected chi connectivity index (χ0v) is 21.8. The first-order valence-corrected chi connectivity index (χ1v) is 13.0. The molecular weight excluding hydrogens is 523 g/mol. The summed E-state index contributed by atoms with van der Waals surface area (Å²) in [4.78, 5) is 38.1. The van der Waals surface area contributed by atoms with Crippen LogP contribution in [-0.2, 0) is 28.5 Å². The molecule has 12 heteroatoms. The molecule has 0 aliphatic heterocycles. The lowest BCUT2D eigenvalue weighted by Crippen LogP contribution is -2.15. The van der Waals surface area contributed by atoms with Crippen molar-refractivity contribution in [3.8, 4) is 5.69 Å². The van der Waals surface area contributed by atoms with E-state index in [1.807, 2.05) is 0 Å². The minimum atomic E-state index is -4.55. The molecule has 0 radical (unpaired) electrons. The Hall–Kier alpha value is -3.67. The third-order valence-corrected chi connectivity index (χ3v) is 7.32. The van der Waals surface area contributed by atoms with Gasteiger partial charge in [-0.05, 0) is 76.3 Å². The molecule has 0 atom stereocenters. The van der Waals surface area contributed by atoms with Gasteiger partial charge in [0.15, 0.2) is 5.69 Å². The van der Waals surface area contributed by atoms with Gasteiger partial charge in [-0.1, -0.05) is 0 Å². The van der Waals surface area contributed by atoms with Crippen molar-refractivity contribution in [3.63, 3.8) is 0 Å². The molecule has 0 saturated carbocycles. The van der Waals surface area contributed by atoms with Gasteiger partial charge in [0.05, 0.1) is 24.5 Å². The van der Waals surface area contributed by atoms with Crippen molar-refractivity contribution >= 4 is 34.2 Å². The maximum atomic E-state index is 13.6. The molecule has 0 spiro atoms. The number of anilines is 1. The van der Waals surface area contributed by atoms with Crippen LogP contribution in [0.4, 0.5) is 18.2 Å². The molecule has 202 valence electrons. The second-order valence-corrected chi connectivity index (χ2v) is 9.61. The molecule has 1 aliphatic rings. The zero-order chi connectivity index (χ0) is 27.6. The second-order valence-electron chi connectivity index (χ2n) is 8.59. The van der Waals surface area contributed by atoms with Crippen molar-refractivity contribution < 1.29 is 37.0 Å². The molecular formula is C26H26F3N3O5S. The standard InChI is InChI=1S/C26H26F3N3O5S/c1-4-36-24(34)19-14(3)20(25(35)37-5-2)38-23(19)30-22(33)15-10-12-16(13-11-15)32-18-9-7-6-8-17(18)21(31-32)26(27,28)29/h10-13H,4-9H2,1-3H3,(H,30,33). The van der Waals surface area contributed by atoms with Gasteiger partial charge in [-0.15, -0.1) is 11.3 Å². The number of hydrogen-bond donors (Lipinski definition) is 1. The lowest BCUT2D eigenvalue weighted by molar-refractivity contribution is -0.142. The number of alkyl halides is 3. The lowest BCUT2D eigenvalue weighted by Gasteiger charge is -2.15. The number of aromatic nitrogens is 2. The molecule has 1 N–H and O–H groups in total. The van der Waals surface area contributed by atoms with Crippen LogP contribution in [0.3, 0.4) is 0 Å². The van der Waals surface area contributed by atoms with Gasteiger partial charge in [-0.2, -0.15) is 18.3 Å². The van der Waals surface area contributed by atoms with Gasteiger partial charge in [0.1, 0.15) is 9.88 Å². The number of nitrogens with zero attached hydrogens (tertiary/aromatic N) is 2. The summed E-state index contributed by atoms with van der Waals surface area (Å²) in [7, 11) is 0. The van der Waals surface area contributed by atoms with E-state index in [2.05, 4.69) is 10.4 Å². The van der Waals surface area contributed by atoms with Gasteiger partial charge in [0.25, 0.3) is 5.91 Å². The molecule has 8 nitrogen and oxygen atoms in total. The van der Waals surface area contributed by atoms with Crippen molar-refractivity contribution in [3.05, 3.63) is 62.8 Å². The number of benzene rings is 1. The average Bonchev–Trinajstić information content (AvgIpc) is 3.42. The van der Waals surface area contributed by atoms with Crippen LogP contribution in [-0.4, -0.2) is 40.8 Å². The number of esters is 2. The molecule has 0 bridgehead atoms. The fourth-order valence-corrected chi connectivity index (χ4v) is 5.50. The number of fused-ring (bicyclic) bond motifs is 1. The predicted octanol–water partition coefficient (Wildman–Crippen LogP) is 5.75. The van der Waals surface area contributed by atoms with Gasteiger partial charge in [0.2, 0.25) is 0 Å². The maximum absolute atomic E-state index is 13.6. The molecule has 0 saturated heterocycles. The Morgan fingerprint density at radius 2 is 1.66 bits per heavy atom. The number of halogens is 3. The number of rotatable bonds is 7. The Kier molecular flexibility index (Phi) is 7.91. The van der Waals surface area contributed by atoms with Gasteiger partial charge in [0, 0.05) is 16.8 Å². The van der Waals surface area contributed by atoms with Crippen molar-refractivity contribution in [2.24, 2.45) is 0 Å². The summed E-state index contributed by atoms with van der Waals surface area (Å²) in [6.45, 7) is 5.11. The highest BCUT2D eigenvalue weighted by Crippen LogP contribution is 2.37. The van der Waals surface area contributed by atoms with E-state index in [1.165, 1.54) is 28.9 Å². The lowest BCUT2D eigenvalue weighted by atomic mass is 9.95. The maximum Gasteiger partial charge on any atom is 0.435 e. The summed E-state index contributed by atoms with van der Waals surface area (Å²) in [6.07, 6.45) is -2.30.